The maximum Gasteiger partial charge on any atom is 0.171 e. The Bertz CT molecular complexity index is 1130. The third-order valence-corrected chi connectivity index (χ3v) is 5.93. The molecule has 10 heteroatoms. The van der Waals surface area contributed by atoms with Crippen LogP contribution in [0.15, 0.2) is 30.7 Å². The van der Waals surface area contributed by atoms with Crippen molar-refractivity contribution in [2.75, 3.05) is 38.9 Å². The first kappa shape index (κ1) is 23.9. The van der Waals surface area contributed by atoms with Crippen molar-refractivity contribution < 1.29 is 19.3 Å². The fourth-order valence-corrected chi connectivity index (χ4v) is 3.93. The van der Waals surface area contributed by atoms with E-state index in [1.807, 2.05) is 13.0 Å². The number of nitrogens with one attached hydrogen (secondary N) is 1. The summed E-state index contributed by atoms with van der Waals surface area (Å²) in [6.45, 7) is 3.72. The summed E-state index contributed by atoms with van der Waals surface area (Å²) in [5.41, 5.74) is 1.17. The summed E-state index contributed by atoms with van der Waals surface area (Å²) in [5, 5.41) is 22.9. The molecule has 2 N–H and O–H groups in total. The van der Waals surface area contributed by atoms with E-state index in [9.17, 15) is 5.11 Å². The van der Waals surface area contributed by atoms with E-state index >= 15 is 0 Å². The number of methoxy groups -OCH3 is 1. The predicted octanol–water partition coefficient (Wildman–Crippen LogP) is 2.83. The van der Waals surface area contributed by atoms with Gasteiger partial charge in [0.15, 0.2) is 17.2 Å². The molecule has 0 aromatic carbocycles. The molecule has 1 aliphatic rings. The largest absolute Gasteiger partial charge is 0.487 e. The molecule has 1 aliphatic carbocycles. The molecule has 0 saturated heterocycles. The predicted molar refractivity (Wildman–Crippen MR) is 126 cm³/mol. The topological polar surface area (TPSA) is 127 Å². The molecule has 0 atom stereocenters. The van der Waals surface area contributed by atoms with Gasteiger partial charge < -0.3 is 24.6 Å². The second-order valence-electron chi connectivity index (χ2n) is 8.68. The number of rotatable bonds is 10. The molecule has 180 valence electrons. The average molecular weight is 467 g/mol. The summed E-state index contributed by atoms with van der Waals surface area (Å²) in [7, 11) is 1.63. The Morgan fingerprint density at radius 1 is 1.21 bits per heavy atom. The molecule has 1 saturated carbocycles. The number of anilines is 1. The molecule has 0 aliphatic heterocycles. The van der Waals surface area contributed by atoms with Gasteiger partial charge in [-0.05, 0) is 44.7 Å². The van der Waals surface area contributed by atoms with Crippen LogP contribution in [0.25, 0.3) is 17.0 Å². The Balaban J connectivity index is 1.58. The molecule has 0 bridgehead atoms. The fourth-order valence-electron chi connectivity index (χ4n) is 3.93. The van der Waals surface area contributed by atoms with Crippen LogP contribution in [0.4, 0.5) is 5.82 Å². The number of hydrogen-bond donors (Lipinski definition) is 2. The van der Waals surface area contributed by atoms with Crippen molar-refractivity contribution in [1.29, 1.82) is 5.26 Å². The second-order valence-corrected chi connectivity index (χ2v) is 8.68. The van der Waals surface area contributed by atoms with E-state index in [0.29, 0.717) is 60.5 Å². The minimum Gasteiger partial charge on any atom is -0.487 e. The van der Waals surface area contributed by atoms with Crippen LogP contribution in [0.3, 0.4) is 0 Å². The standard InChI is InChI=1S/C24H30N6O4/c1-24(31)7-5-18(6-8-24)28-22-20(34-12-11-33-10-9-32-2)13-19-23(29-22)30(16-27-19)21-4-3-17(14-25)15-26-21/h3-4,13,15-16,18,31H,5-12H2,1-2H3,(H,28,29). The first-order valence-corrected chi connectivity index (χ1v) is 11.4. The zero-order valence-electron chi connectivity index (χ0n) is 19.5. The Morgan fingerprint density at radius 2 is 2.00 bits per heavy atom. The number of nitriles is 1. The highest BCUT2D eigenvalue weighted by Gasteiger charge is 2.29. The number of nitrogens with zero attached hydrogens (tertiary/aromatic N) is 5. The van der Waals surface area contributed by atoms with Crippen molar-refractivity contribution in [3.8, 4) is 17.6 Å². The number of imidazole rings is 1. The summed E-state index contributed by atoms with van der Waals surface area (Å²) in [6, 6.07) is 7.59. The smallest absolute Gasteiger partial charge is 0.171 e. The normalized spacial score (nSPS) is 20.2. The van der Waals surface area contributed by atoms with Gasteiger partial charge in [-0.1, -0.05) is 0 Å². The Kier molecular flexibility index (Phi) is 7.57. The number of aliphatic hydroxyl groups is 1. The van der Waals surface area contributed by atoms with Crippen LogP contribution in [-0.2, 0) is 9.47 Å². The minimum absolute atomic E-state index is 0.176. The zero-order chi connectivity index (χ0) is 24.0. The maximum absolute atomic E-state index is 10.3. The van der Waals surface area contributed by atoms with Crippen molar-refractivity contribution in [3.05, 3.63) is 36.3 Å². The molecular formula is C24H30N6O4. The molecule has 34 heavy (non-hydrogen) atoms. The molecule has 3 aromatic heterocycles. The molecule has 0 radical (unpaired) electrons. The number of aromatic nitrogens is 4. The number of pyridine rings is 2. The monoisotopic (exact) mass is 466 g/mol. The van der Waals surface area contributed by atoms with Crippen LogP contribution >= 0.6 is 0 Å². The molecule has 4 rings (SSSR count). The summed E-state index contributed by atoms with van der Waals surface area (Å²) < 4.78 is 18.3. The lowest BCUT2D eigenvalue weighted by molar-refractivity contribution is 0.0196. The highest BCUT2D eigenvalue weighted by molar-refractivity contribution is 5.78. The molecule has 3 aromatic rings. The van der Waals surface area contributed by atoms with Crippen molar-refractivity contribution in [1.82, 2.24) is 19.5 Å². The van der Waals surface area contributed by atoms with Gasteiger partial charge in [-0.3, -0.25) is 4.57 Å². The van der Waals surface area contributed by atoms with Crippen LogP contribution in [0.5, 0.6) is 5.75 Å². The van der Waals surface area contributed by atoms with E-state index in [0.717, 1.165) is 25.7 Å². The molecule has 0 unspecified atom stereocenters. The first-order chi connectivity index (χ1) is 16.5. The Labute approximate surface area is 198 Å². The van der Waals surface area contributed by atoms with Crippen LogP contribution < -0.4 is 10.1 Å². The van der Waals surface area contributed by atoms with Gasteiger partial charge in [0, 0.05) is 25.4 Å². The lowest BCUT2D eigenvalue weighted by Gasteiger charge is -2.33. The number of hydrogen-bond acceptors (Lipinski definition) is 9. The van der Waals surface area contributed by atoms with Gasteiger partial charge in [0.2, 0.25) is 0 Å². The Hall–Kier alpha value is -3.26. The van der Waals surface area contributed by atoms with E-state index in [4.69, 9.17) is 24.5 Å². The lowest BCUT2D eigenvalue weighted by atomic mass is 9.84. The summed E-state index contributed by atoms with van der Waals surface area (Å²) in [4.78, 5) is 13.7. The Morgan fingerprint density at radius 3 is 2.71 bits per heavy atom. The van der Waals surface area contributed by atoms with E-state index in [1.54, 1.807) is 30.1 Å². The van der Waals surface area contributed by atoms with Gasteiger partial charge in [-0.15, -0.1) is 0 Å². The summed E-state index contributed by atoms with van der Waals surface area (Å²) in [6.07, 6.45) is 6.30. The van der Waals surface area contributed by atoms with Crippen LogP contribution in [0.1, 0.15) is 38.2 Å². The van der Waals surface area contributed by atoms with Crippen LogP contribution in [0, 0.1) is 11.3 Å². The number of fused-ring (bicyclic) bond motifs is 1. The van der Waals surface area contributed by atoms with Crippen molar-refractivity contribution >= 4 is 17.0 Å². The molecule has 3 heterocycles. The SMILES string of the molecule is COCCOCCOc1cc2ncn(-c3ccc(C#N)cn3)c2nc1NC1CCC(C)(O)CC1. The van der Waals surface area contributed by atoms with Crippen LogP contribution in [-0.4, -0.2) is 69.8 Å². The quantitative estimate of drug-likeness (QED) is 0.434. The fraction of sp³-hybridized carbons (Fsp3) is 0.500. The van der Waals surface area contributed by atoms with Crippen LogP contribution in [0.2, 0.25) is 0 Å². The van der Waals surface area contributed by atoms with Gasteiger partial charge in [-0.25, -0.2) is 15.0 Å². The van der Waals surface area contributed by atoms with E-state index in [-0.39, 0.29) is 6.04 Å². The van der Waals surface area contributed by atoms with E-state index in [1.165, 1.54) is 6.20 Å². The number of ether oxygens (including phenoxy) is 3. The summed E-state index contributed by atoms with van der Waals surface area (Å²) in [5.74, 6) is 1.83. The molecule has 0 spiro atoms. The third-order valence-electron chi connectivity index (χ3n) is 5.93. The zero-order valence-corrected chi connectivity index (χ0v) is 19.5. The minimum atomic E-state index is -0.617. The van der Waals surface area contributed by atoms with Gasteiger partial charge in [-0.2, -0.15) is 5.26 Å². The lowest BCUT2D eigenvalue weighted by Crippen LogP contribution is -2.36. The first-order valence-electron chi connectivity index (χ1n) is 11.4. The van der Waals surface area contributed by atoms with Crippen molar-refractivity contribution in [3.63, 3.8) is 0 Å². The van der Waals surface area contributed by atoms with Crippen molar-refractivity contribution in [2.24, 2.45) is 0 Å². The van der Waals surface area contributed by atoms with E-state index < -0.39 is 5.60 Å². The third kappa shape index (κ3) is 5.80. The molecule has 0 amide bonds. The maximum atomic E-state index is 10.3. The summed E-state index contributed by atoms with van der Waals surface area (Å²) >= 11 is 0. The highest BCUT2D eigenvalue weighted by Crippen LogP contribution is 2.33. The molecule has 1 fully saturated rings. The molecular weight excluding hydrogens is 436 g/mol. The van der Waals surface area contributed by atoms with Gasteiger partial charge in [0.1, 0.15) is 30.3 Å². The van der Waals surface area contributed by atoms with Gasteiger partial charge in [0.25, 0.3) is 0 Å². The second kappa shape index (κ2) is 10.8. The van der Waals surface area contributed by atoms with Gasteiger partial charge >= 0.3 is 0 Å². The molecule has 10 nitrogen and oxygen atoms in total. The van der Waals surface area contributed by atoms with Crippen molar-refractivity contribution in [2.45, 2.75) is 44.2 Å². The average Bonchev–Trinajstić information content (AvgIpc) is 3.25. The highest BCUT2D eigenvalue weighted by atomic mass is 16.5. The van der Waals surface area contributed by atoms with Gasteiger partial charge in [0.05, 0.1) is 31.0 Å². The van der Waals surface area contributed by atoms with E-state index in [2.05, 4.69) is 21.4 Å².